The molecule has 1 aromatic heterocycles. The molecule has 1 heterocycles. The van der Waals surface area contributed by atoms with Crippen molar-refractivity contribution < 1.29 is 4.79 Å². The van der Waals surface area contributed by atoms with Crippen LogP contribution in [0.3, 0.4) is 0 Å². The van der Waals surface area contributed by atoms with E-state index in [-0.39, 0.29) is 18.1 Å². The number of hydrogen-bond acceptors (Lipinski definition) is 3. The number of carbonyl (C=O) groups excluding carboxylic acids is 1. The summed E-state index contributed by atoms with van der Waals surface area (Å²) in [5.41, 5.74) is 2.38. The smallest absolute Gasteiger partial charge is 0.324 e. The fourth-order valence-electron chi connectivity index (χ4n) is 2.88. The Labute approximate surface area is 144 Å². The topological polar surface area (TPSA) is 79.8 Å². The molecule has 0 bridgehead atoms. The monoisotopic (exact) mass is 334 g/mol. The van der Waals surface area contributed by atoms with E-state index in [0.717, 1.165) is 17.5 Å². The van der Waals surface area contributed by atoms with Crippen LogP contribution in [0.2, 0.25) is 0 Å². The van der Waals surface area contributed by atoms with E-state index in [1.54, 1.807) is 28.8 Å². The van der Waals surface area contributed by atoms with Gasteiger partial charge < -0.3 is 5.32 Å². The van der Waals surface area contributed by atoms with E-state index in [2.05, 4.69) is 5.32 Å². The lowest BCUT2D eigenvalue weighted by Gasteiger charge is -2.06. The van der Waals surface area contributed by atoms with Gasteiger partial charge in [0.2, 0.25) is 5.91 Å². The second-order valence-corrected chi connectivity index (χ2v) is 5.75. The molecule has 0 spiro atoms. The van der Waals surface area contributed by atoms with Crippen molar-refractivity contribution in [3.05, 3.63) is 64.6 Å². The highest BCUT2D eigenvalue weighted by Gasteiger charge is 2.15. The van der Waals surface area contributed by atoms with E-state index in [1.165, 1.54) is 4.57 Å². The molecule has 6 nitrogen and oxygen atoms in total. The lowest BCUT2D eigenvalue weighted by atomic mass is 10.2. The summed E-state index contributed by atoms with van der Waals surface area (Å²) in [6.45, 7) is 2.54. The number of imidazole rings is 1. The molecule has 0 unspecified atom stereocenters. The SMILES string of the molecule is CCCn1c(=O)n(CC(=O)Nc2cccc(C#N)c2)c2ccccc21. The molecule has 0 radical (unpaired) electrons. The predicted molar refractivity (Wildman–Crippen MR) is 96.3 cm³/mol. The van der Waals surface area contributed by atoms with Gasteiger partial charge in [-0.05, 0) is 36.8 Å². The molecular formula is C19H18N4O2. The van der Waals surface area contributed by atoms with Crippen molar-refractivity contribution in [2.45, 2.75) is 26.4 Å². The molecule has 0 aliphatic carbocycles. The largest absolute Gasteiger partial charge is 0.329 e. The molecule has 0 aliphatic heterocycles. The zero-order valence-corrected chi connectivity index (χ0v) is 13.9. The van der Waals surface area contributed by atoms with E-state index in [1.807, 2.05) is 37.3 Å². The number of rotatable bonds is 5. The summed E-state index contributed by atoms with van der Waals surface area (Å²) < 4.78 is 3.17. The van der Waals surface area contributed by atoms with Crippen LogP contribution in [0, 0.1) is 11.3 Å². The number of fused-ring (bicyclic) bond motifs is 1. The first kappa shape index (κ1) is 16.5. The van der Waals surface area contributed by atoms with Gasteiger partial charge in [-0.3, -0.25) is 13.9 Å². The van der Waals surface area contributed by atoms with Crippen molar-refractivity contribution in [2.24, 2.45) is 0 Å². The Morgan fingerprint density at radius 3 is 2.52 bits per heavy atom. The predicted octanol–water partition coefficient (Wildman–Crippen LogP) is 2.72. The number of hydrogen-bond donors (Lipinski definition) is 1. The van der Waals surface area contributed by atoms with Crippen molar-refractivity contribution in [1.29, 1.82) is 5.26 Å². The zero-order valence-electron chi connectivity index (χ0n) is 13.9. The molecule has 1 amide bonds. The number of aryl methyl sites for hydroxylation is 1. The Morgan fingerprint density at radius 2 is 1.84 bits per heavy atom. The molecular weight excluding hydrogens is 316 g/mol. The Morgan fingerprint density at radius 1 is 1.12 bits per heavy atom. The van der Waals surface area contributed by atoms with Crippen molar-refractivity contribution in [2.75, 3.05) is 5.32 Å². The summed E-state index contributed by atoms with van der Waals surface area (Å²) in [7, 11) is 0. The molecule has 0 saturated carbocycles. The van der Waals surface area contributed by atoms with Crippen LogP contribution >= 0.6 is 0 Å². The number of para-hydroxylation sites is 2. The number of nitrogens with one attached hydrogen (secondary N) is 1. The molecule has 0 fully saturated rings. The highest BCUT2D eigenvalue weighted by Crippen LogP contribution is 2.14. The van der Waals surface area contributed by atoms with Crippen molar-refractivity contribution >= 4 is 22.6 Å². The van der Waals surface area contributed by atoms with Crippen LogP contribution in [0.1, 0.15) is 18.9 Å². The Bertz CT molecular complexity index is 1020. The minimum atomic E-state index is -0.309. The summed E-state index contributed by atoms with van der Waals surface area (Å²) in [6, 6.07) is 16.2. The molecule has 25 heavy (non-hydrogen) atoms. The average Bonchev–Trinajstić information content (AvgIpc) is 2.88. The number of aromatic nitrogens is 2. The Balaban J connectivity index is 1.90. The first-order valence-electron chi connectivity index (χ1n) is 8.12. The molecule has 6 heteroatoms. The van der Waals surface area contributed by atoms with Gasteiger partial charge in [0.25, 0.3) is 0 Å². The first-order valence-corrected chi connectivity index (χ1v) is 8.12. The van der Waals surface area contributed by atoms with Gasteiger partial charge in [0.1, 0.15) is 6.54 Å². The van der Waals surface area contributed by atoms with Crippen LogP contribution in [0.15, 0.2) is 53.3 Å². The van der Waals surface area contributed by atoms with E-state index in [0.29, 0.717) is 17.8 Å². The van der Waals surface area contributed by atoms with Gasteiger partial charge in [-0.1, -0.05) is 25.1 Å². The highest BCUT2D eigenvalue weighted by atomic mass is 16.2. The van der Waals surface area contributed by atoms with Crippen molar-refractivity contribution in [3.8, 4) is 6.07 Å². The third kappa shape index (κ3) is 3.31. The lowest BCUT2D eigenvalue weighted by Crippen LogP contribution is -2.29. The van der Waals surface area contributed by atoms with Crippen LogP contribution in [0.25, 0.3) is 11.0 Å². The number of carbonyl (C=O) groups is 1. The third-order valence-corrected chi connectivity index (χ3v) is 3.95. The van der Waals surface area contributed by atoms with Crippen LogP contribution in [-0.4, -0.2) is 15.0 Å². The van der Waals surface area contributed by atoms with Gasteiger partial charge in [-0.15, -0.1) is 0 Å². The van der Waals surface area contributed by atoms with Gasteiger partial charge in [0.05, 0.1) is 22.7 Å². The molecule has 2 aromatic carbocycles. The lowest BCUT2D eigenvalue weighted by molar-refractivity contribution is -0.116. The summed E-state index contributed by atoms with van der Waals surface area (Å²) in [4.78, 5) is 25.1. The number of amides is 1. The van der Waals surface area contributed by atoms with E-state index >= 15 is 0 Å². The third-order valence-electron chi connectivity index (χ3n) is 3.95. The van der Waals surface area contributed by atoms with E-state index < -0.39 is 0 Å². The molecule has 0 aliphatic rings. The quantitative estimate of drug-likeness (QED) is 0.779. The maximum Gasteiger partial charge on any atom is 0.329 e. The Kier molecular flexibility index (Phi) is 4.66. The number of nitriles is 1. The molecule has 126 valence electrons. The molecule has 3 aromatic rings. The molecule has 0 atom stereocenters. The summed E-state index contributed by atoms with van der Waals surface area (Å²) in [5, 5.41) is 11.7. The summed E-state index contributed by atoms with van der Waals surface area (Å²) in [5.74, 6) is -0.309. The normalized spacial score (nSPS) is 10.6. The molecule has 3 rings (SSSR count). The van der Waals surface area contributed by atoms with E-state index in [9.17, 15) is 9.59 Å². The molecule has 1 N–H and O–H groups in total. The molecule has 0 saturated heterocycles. The van der Waals surface area contributed by atoms with Gasteiger partial charge in [-0.25, -0.2) is 4.79 Å². The minimum Gasteiger partial charge on any atom is -0.324 e. The fraction of sp³-hybridized carbons (Fsp3) is 0.211. The minimum absolute atomic E-state index is 0.0765. The summed E-state index contributed by atoms with van der Waals surface area (Å²) in [6.07, 6.45) is 0.834. The number of benzene rings is 2. The van der Waals surface area contributed by atoms with Crippen molar-refractivity contribution in [1.82, 2.24) is 9.13 Å². The zero-order chi connectivity index (χ0) is 17.8. The van der Waals surface area contributed by atoms with Crippen LogP contribution in [0.5, 0.6) is 0 Å². The van der Waals surface area contributed by atoms with Gasteiger partial charge >= 0.3 is 5.69 Å². The van der Waals surface area contributed by atoms with Gasteiger partial charge in [0, 0.05) is 12.2 Å². The fourth-order valence-corrected chi connectivity index (χ4v) is 2.88. The average molecular weight is 334 g/mol. The van der Waals surface area contributed by atoms with E-state index in [4.69, 9.17) is 5.26 Å². The van der Waals surface area contributed by atoms with Crippen LogP contribution in [-0.2, 0) is 17.9 Å². The summed E-state index contributed by atoms with van der Waals surface area (Å²) >= 11 is 0. The second-order valence-electron chi connectivity index (χ2n) is 5.75. The standard InChI is InChI=1S/C19H18N4O2/c1-2-10-22-16-8-3-4-9-17(16)23(19(22)25)13-18(24)21-15-7-5-6-14(11-15)12-20/h3-9,11H,2,10,13H2,1H3,(H,21,24). The second kappa shape index (κ2) is 7.05. The first-order chi connectivity index (χ1) is 12.1. The number of nitrogens with zero attached hydrogens (tertiary/aromatic N) is 3. The number of anilines is 1. The maximum absolute atomic E-state index is 12.7. The van der Waals surface area contributed by atoms with Crippen molar-refractivity contribution in [3.63, 3.8) is 0 Å². The van der Waals surface area contributed by atoms with Gasteiger partial charge in [0.15, 0.2) is 0 Å². The Hall–Kier alpha value is -3.33. The van der Waals surface area contributed by atoms with Crippen LogP contribution in [0.4, 0.5) is 5.69 Å². The highest BCUT2D eigenvalue weighted by molar-refractivity contribution is 5.91. The van der Waals surface area contributed by atoms with Crippen LogP contribution < -0.4 is 11.0 Å². The van der Waals surface area contributed by atoms with Gasteiger partial charge in [-0.2, -0.15) is 5.26 Å². The maximum atomic E-state index is 12.7.